The van der Waals surface area contributed by atoms with Crippen molar-refractivity contribution in [1.82, 2.24) is 9.80 Å². The third-order valence-electron chi connectivity index (χ3n) is 9.03. The number of carboxylic acids is 1. The Morgan fingerprint density at radius 1 is 0.882 bits per heavy atom. The molecule has 3 atom stereocenters. The second-order valence-electron chi connectivity index (χ2n) is 12.9. The van der Waals surface area contributed by atoms with Crippen LogP contribution in [0.3, 0.4) is 0 Å². The number of unbranched alkanes of at least 4 members (excludes halogenated alkanes) is 2. The average Bonchev–Trinajstić information content (AvgIpc) is 3.53. The Morgan fingerprint density at radius 3 is 2.12 bits per heavy atom. The normalized spacial score (nSPS) is 15.8. The number of nitrogens with one attached hydrogen (secondary N) is 2. The first kappa shape index (κ1) is 38.6. The van der Waals surface area contributed by atoms with Gasteiger partial charge in [-0.25, -0.2) is 4.79 Å². The zero-order valence-corrected chi connectivity index (χ0v) is 29.7. The number of nitrogens with zero attached hydrogens (tertiary/aromatic N) is 3. The van der Waals surface area contributed by atoms with Gasteiger partial charge in [-0.05, 0) is 63.0 Å². The van der Waals surface area contributed by atoms with E-state index in [4.69, 9.17) is 0 Å². The van der Waals surface area contributed by atoms with Crippen LogP contribution < -0.4 is 10.6 Å². The molecule has 3 aromatic rings. The number of rotatable bonds is 18. The van der Waals surface area contributed by atoms with E-state index in [1.807, 2.05) is 6.07 Å². The van der Waals surface area contributed by atoms with Gasteiger partial charge in [-0.1, -0.05) is 93.4 Å². The maximum Gasteiger partial charge on any atom is 0.329 e. The molecule has 1 saturated heterocycles. The van der Waals surface area contributed by atoms with E-state index in [1.165, 1.54) is 0 Å². The number of amides is 4. The number of hydrogen-bond acceptors (Lipinski definition) is 7. The fraction of sp³-hybridized carbons (Fsp3) is 0.400. The smallest absolute Gasteiger partial charge is 0.329 e. The molecule has 11 heteroatoms. The summed E-state index contributed by atoms with van der Waals surface area (Å²) < 4.78 is 0. The first-order chi connectivity index (χ1) is 24.6. The number of imide groups is 1. The number of aliphatic imine (C=N–C) groups is 1. The van der Waals surface area contributed by atoms with Gasteiger partial charge in [-0.3, -0.25) is 34.0 Å². The van der Waals surface area contributed by atoms with Crippen LogP contribution in [0.4, 0.5) is 11.4 Å². The quantitative estimate of drug-likeness (QED) is 0.136. The van der Waals surface area contributed by atoms with E-state index in [-0.39, 0.29) is 31.7 Å². The molecular formula is C40H49N5O6. The highest BCUT2D eigenvalue weighted by Gasteiger charge is 2.42. The van der Waals surface area contributed by atoms with E-state index in [0.29, 0.717) is 28.2 Å². The lowest BCUT2D eigenvalue weighted by Gasteiger charge is -2.27. The van der Waals surface area contributed by atoms with Crippen molar-refractivity contribution in [2.24, 2.45) is 4.99 Å². The van der Waals surface area contributed by atoms with E-state index >= 15 is 0 Å². The van der Waals surface area contributed by atoms with Crippen molar-refractivity contribution >= 4 is 46.7 Å². The lowest BCUT2D eigenvalue weighted by molar-refractivity contribution is -0.147. The van der Waals surface area contributed by atoms with Crippen LogP contribution in [0.15, 0.2) is 89.9 Å². The molecule has 4 rings (SSSR count). The molecule has 0 radical (unpaired) electrons. The maximum atomic E-state index is 13.9. The van der Waals surface area contributed by atoms with Gasteiger partial charge in [0.2, 0.25) is 23.6 Å². The molecule has 1 fully saturated rings. The molecule has 0 saturated carbocycles. The first-order valence-corrected chi connectivity index (χ1v) is 17.8. The van der Waals surface area contributed by atoms with Crippen LogP contribution in [0, 0.1) is 0 Å². The summed E-state index contributed by atoms with van der Waals surface area (Å²) in [4.78, 5) is 74.1. The van der Waals surface area contributed by atoms with Crippen molar-refractivity contribution in [2.75, 3.05) is 30.3 Å². The fourth-order valence-electron chi connectivity index (χ4n) is 6.32. The summed E-state index contributed by atoms with van der Waals surface area (Å²) in [6, 6.07) is 22.1. The summed E-state index contributed by atoms with van der Waals surface area (Å²) in [6.07, 6.45) is 3.86. The van der Waals surface area contributed by atoms with Gasteiger partial charge in [0, 0.05) is 41.4 Å². The number of benzene rings is 3. The van der Waals surface area contributed by atoms with Crippen LogP contribution in [-0.2, 0) is 24.0 Å². The summed E-state index contributed by atoms with van der Waals surface area (Å²) in [7, 11) is 0. The number of carbonyl (C=O) groups excluding carboxylic acids is 4. The molecule has 0 aliphatic carbocycles. The van der Waals surface area contributed by atoms with E-state index in [1.54, 1.807) is 85.8 Å². The van der Waals surface area contributed by atoms with Crippen molar-refractivity contribution < 1.29 is 29.1 Å². The minimum Gasteiger partial charge on any atom is -0.480 e. The number of carbonyl (C=O) groups is 5. The molecule has 4 amide bonds. The van der Waals surface area contributed by atoms with Crippen LogP contribution in [-0.4, -0.2) is 81.9 Å². The molecular weight excluding hydrogens is 646 g/mol. The summed E-state index contributed by atoms with van der Waals surface area (Å²) in [6.45, 7) is 7.80. The molecule has 0 unspecified atom stereocenters. The highest BCUT2D eigenvalue weighted by Crippen LogP contribution is 2.31. The SMILES string of the molecule is CCCCN(CCCC)CC(=O)Nc1ccccc1C(C)=N[C@@H](C(=O)O)[C@@H](CC(=O)N1C(=O)CC[C@H]1C(=O)Nc1ccccc1)c1ccccc1. The third-order valence-corrected chi connectivity index (χ3v) is 9.03. The molecule has 1 aliphatic rings. The standard InChI is InChI=1S/C40H49N5O6/c1-4-6-24-44(25-7-5-2)27-35(46)43-33-21-15-14-20-31(33)28(3)41-38(40(50)51)32(29-16-10-8-11-17-29)26-37(48)45-34(22-23-36(45)47)39(49)42-30-18-12-9-13-19-30/h8-21,32,34,38H,4-7,22-27H2,1-3H3,(H,42,49)(H,43,46)(H,50,51)/t32-,34-,38+/m0/s1. The zero-order chi connectivity index (χ0) is 36.8. The van der Waals surface area contributed by atoms with E-state index in [0.717, 1.165) is 43.7 Å². The van der Waals surface area contributed by atoms with Crippen molar-refractivity contribution in [2.45, 2.75) is 83.7 Å². The van der Waals surface area contributed by atoms with Crippen molar-refractivity contribution in [3.63, 3.8) is 0 Å². The molecule has 1 aliphatic heterocycles. The second kappa shape index (κ2) is 19.3. The first-order valence-electron chi connectivity index (χ1n) is 17.8. The number of carboxylic acid groups (broad SMARTS) is 1. The summed E-state index contributed by atoms with van der Waals surface area (Å²) in [5.74, 6) is -4.03. The number of aliphatic carboxylic acids is 1. The Balaban J connectivity index is 1.59. The largest absolute Gasteiger partial charge is 0.480 e. The topological polar surface area (TPSA) is 148 Å². The van der Waals surface area contributed by atoms with Crippen LogP contribution in [0.1, 0.15) is 82.8 Å². The van der Waals surface area contributed by atoms with Gasteiger partial charge in [0.1, 0.15) is 6.04 Å². The van der Waals surface area contributed by atoms with Gasteiger partial charge in [0.25, 0.3) is 0 Å². The summed E-state index contributed by atoms with van der Waals surface area (Å²) in [5, 5.41) is 16.3. The molecule has 0 aromatic heterocycles. The number of likely N-dealkylation sites (tertiary alicyclic amines) is 1. The third kappa shape index (κ3) is 10.9. The van der Waals surface area contributed by atoms with Gasteiger partial charge < -0.3 is 15.7 Å². The highest BCUT2D eigenvalue weighted by molar-refractivity contribution is 6.08. The molecule has 3 aromatic carbocycles. The minimum atomic E-state index is -1.42. The summed E-state index contributed by atoms with van der Waals surface area (Å²) >= 11 is 0. The van der Waals surface area contributed by atoms with Gasteiger partial charge in [-0.2, -0.15) is 0 Å². The predicted octanol–water partition coefficient (Wildman–Crippen LogP) is 6.12. The average molecular weight is 696 g/mol. The van der Waals surface area contributed by atoms with Gasteiger partial charge in [0.05, 0.1) is 6.54 Å². The minimum absolute atomic E-state index is 0.0196. The number of anilines is 2. The van der Waals surface area contributed by atoms with Crippen LogP contribution in [0.5, 0.6) is 0 Å². The second-order valence-corrected chi connectivity index (χ2v) is 12.9. The Labute approximate surface area is 300 Å². The van der Waals surface area contributed by atoms with E-state index < -0.39 is 41.7 Å². The van der Waals surface area contributed by atoms with Gasteiger partial charge in [-0.15, -0.1) is 0 Å². The van der Waals surface area contributed by atoms with Crippen molar-refractivity contribution in [3.05, 3.63) is 96.1 Å². The van der Waals surface area contributed by atoms with Crippen LogP contribution in [0.2, 0.25) is 0 Å². The van der Waals surface area contributed by atoms with E-state index in [2.05, 4.69) is 34.4 Å². The Kier molecular flexibility index (Phi) is 14.6. The van der Waals surface area contributed by atoms with Crippen LogP contribution >= 0.6 is 0 Å². The van der Waals surface area contributed by atoms with Gasteiger partial charge >= 0.3 is 5.97 Å². The van der Waals surface area contributed by atoms with E-state index in [9.17, 15) is 29.1 Å². The molecule has 11 nitrogen and oxygen atoms in total. The monoisotopic (exact) mass is 695 g/mol. The highest BCUT2D eigenvalue weighted by atomic mass is 16.4. The van der Waals surface area contributed by atoms with Crippen LogP contribution in [0.25, 0.3) is 0 Å². The Morgan fingerprint density at radius 2 is 1.49 bits per heavy atom. The molecule has 0 bridgehead atoms. The Bertz CT molecular complexity index is 1670. The number of hydrogen-bond donors (Lipinski definition) is 3. The lowest BCUT2D eigenvalue weighted by atomic mass is 9.87. The molecule has 51 heavy (non-hydrogen) atoms. The molecule has 270 valence electrons. The lowest BCUT2D eigenvalue weighted by Crippen LogP contribution is -2.46. The van der Waals surface area contributed by atoms with Gasteiger partial charge in [0.15, 0.2) is 6.04 Å². The molecule has 1 heterocycles. The maximum absolute atomic E-state index is 13.9. The summed E-state index contributed by atoms with van der Waals surface area (Å²) in [5.41, 5.74) is 2.50. The van der Waals surface area contributed by atoms with Crippen molar-refractivity contribution in [3.8, 4) is 0 Å². The fourth-order valence-corrected chi connectivity index (χ4v) is 6.32. The molecule has 3 N–H and O–H groups in total. The predicted molar refractivity (Wildman–Crippen MR) is 199 cm³/mol. The number of para-hydroxylation sites is 2. The Hall–Kier alpha value is -5.16. The van der Waals surface area contributed by atoms with Crippen molar-refractivity contribution in [1.29, 1.82) is 0 Å². The molecule has 0 spiro atoms. The zero-order valence-electron chi connectivity index (χ0n) is 29.7.